The van der Waals surface area contributed by atoms with Gasteiger partial charge in [0, 0.05) is 26.1 Å². The van der Waals surface area contributed by atoms with E-state index in [4.69, 9.17) is 9.47 Å². The molecule has 0 saturated carbocycles. The van der Waals surface area contributed by atoms with Crippen molar-refractivity contribution in [1.82, 2.24) is 5.32 Å². The average Bonchev–Trinajstić information content (AvgIpc) is 2.96. The number of ether oxygens (including phenoxy) is 2. The van der Waals surface area contributed by atoms with Crippen molar-refractivity contribution in [2.45, 2.75) is 31.5 Å². The molecule has 3 rings (SSSR count). The van der Waals surface area contributed by atoms with Crippen LogP contribution in [0.25, 0.3) is 0 Å². The molecule has 2 aliphatic rings. The Bertz CT molecular complexity index is 349. The number of benzene rings is 1. The lowest BCUT2D eigenvalue weighted by Gasteiger charge is -2.14. The zero-order valence-corrected chi connectivity index (χ0v) is 10.0. The summed E-state index contributed by atoms with van der Waals surface area (Å²) < 4.78 is 11.4. The Kier molecular flexibility index (Phi) is 3.29. The molecule has 1 aromatic carbocycles. The van der Waals surface area contributed by atoms with Crippen LogP contribution in [0.15, 0.2) is 24.3 Å². The van der Waals surface area contributed by atoms with Crippen molar-refractivity contribution in [2.24, 2.45) is 0 Å². The second-order valence-electron chi connectivity index (χ2n) is 4.84. The maximum atomic E-state index is 5.87. The highest BCUT2D eigenvalue weighted by Crippen LogP contribution is 2.27. The van der Waals surface area contributed by atoms with E-state index in [1.54, 1.807) is 0 Å². The normalized spacial score (nSPS) is 26.8. The van der Waals surface area contributed by atoms with Gasteiger partial charge in [-0.25, -0.2) is 0 Å². The number of fused-ring (bicyclic) bond motifs is 1. The maximum absolute atomic E-state index is 5.87. The summed E-state index contributed by atoms with van der Waals surface area (Å²) in [5.41, 5.74) is 1.33. The lowest BCUT2D eigenvalue weighted by atomic mass is 10.1. The third kappa shape index (κ3) is 2.61. The van der Waals surface area contributed by atoms with Crippen LogP contribution < -0.4 is 10.1 Å². The van der Waals surface area contributed by atoms with Gasteiger partial charge < -0.3 is 14.8 Å². The lowest BCUT2D eigenvalue weighted by molar-refractivity contribution is 0.107. The van der Waals surface area contributed by atoms with E-state index in [1.165, 1.54) is 18.4 Å². The summed E-state index contributed by atoms with van der Waals surface area (Å²) in [5, 5.41) is 3.45. The second-order valence-corrected chi connectivity index (χ2v) is 4.84. The third-order valence-electron chi connectivity index (χ3n) is 3.48. The molecule has 2 atom stereocenters. The number of hydrogen-bond donors (Lipinski definition) is 1. The smallest absolute Gasteiger partial charge is 0.123 e. The van der Waals surface area contributed by atoms with Crippen LogP contribution in [0.5, 0.6) is 5.75 Å². The lowest BCUT2D eigenvalue weighted by Crippen LogP contribution is -2.34. The van der Waals surface area contributed by atoms with Gasteiger partial charge in [-0.3, -0.25) is 0 Å². The molecule has 17 heavy (non-hydrogen) atoms. The average molecular weight is 233 g/mol. The first kappa shape index (κ1) is 11.1. The second kappa shape index (κ2) is 5.07. The van der Waals surface area contributed by atoms with Crippen molar-refractivity contribution in [3.05, 3.63) is 29.8 Å². The Morgan fingerprint density at radius 2 is 2.06 bits per heavy atom. The van der Waals surface area contributed by atoms with E-state index in [0.717, 1.165) is 31.9 Å². The Balaban J connectivity index is 1.43. The van der Waals surface area contributed by atoms with Gasteiger partial charge in [0.05, 0.1) is 6.10 Å². The van der Waals surface area contributed by atoms with Crippen LogP contribution in [0.3, 0.4) is 0 Å². The summed E-state index contributed by atoms with van der Waals surface area (Å²) in [5.74, 6) is 1.05. The standard InChI is InChI=1S/C14H19NO2/c1-2-6-14-11(4-1)8-13(17-14)10-15-9-12-5-3-7-16-12/h1-2,4,6,12-13,15H,3,5,7-10H2. The highest BCUT2D eigenvalue weighted by atomic mass is 16.5. The molecule has 2 unspecified atom stereocenters. The molecular weight excluding hydrogens is 214 g/mol. The zero-order valence-electron chi connectivity index (χ0n) is 10.0. The van der Waals surface area contributed by atoms with E-state index < -0.39 is 0 Å². The Morgan fingerprint density at radius 3 is 2.88 bits per heavy atom. The van der Waals surface area contributed by atoms with Crippen molar-refractivity contribution in [2.75, 3.05) is 19.7 Å². The van der Waals surface area contributed by atoms with Crippen LogP contribution in [0, 0.1) is 0 Å². The minimum absolute atomic E-state index is 0.286. The van der Waals surface area contributed by atoms with Gasteiger partial charge in [-0.15, -0.1) is 0 Å². The molecule has 2 heterocycles. The SMILES string of the molecule is c1ccc2c(c1)CC(CNCC1CCCO1)O2. The van der Waals surface area contributed by atoms with Gasteiger partial charge in [-0.2, -0.15) is 0 Å². The highest BCUT2D eigenvalue weighted by Gasteiger charge is 2.22. The minimum atomic E-state index is 0.286. The first-order chi connectivity index (χ1) is 8.42. The van der Waals surface area contributed by atoms with Crippen molar-refractivity contribution < 1.29 is 9.47 Å². The van der Waals surface area contributed by atoms with Gasteiger partial charge in [-0.1, -0.05) is 18.2 Å². The Labute approximate surface area is 102 Å². The van der Waals surface area contributed by atoms with E-state index >= 15 is 0 Å². The van der Waals surface area contributed by atoms with Crippen LogP contribution >= 0.6 is 0 Å². The molecule has 92 valence electrons. The third-order valence-corrected chi connectivity index (χ3v) is 3.48. The summed E-state index contributed by atoms with van der Waals surface area (Å²) in [6.07, 6.45) is 4.12. The molecule has 1 fully saturated rings. The van der Waals surface area contributed by atoms with Gasteiger partial charge >= 0.3 is 0 Å². The Hall–Kier alpha value is -1.06. The monoisotopic (exact) mass is 233 g/mol. The predicted octanol–water partition coefficient (Wildman–Crippen LogP) is 1.76. The van der Waals surface area contributed by atoms with E-state index in [9.17, 15) is 0 Å². The highest BCUT2D eigenvalue weighted by molar-refractivity contribution is 5.37. The van der Waals surface area contributed by atoms with E-state index in [-0.39, 0.29) is 6.10 Å². The van der Waals surface area contributed by atoms with Gasteiger partial charge in [0.25, 0.3) is 0 Å². The number of para-hydroxylation sites is 1. The van der Waals surface area contributed by atoms with Crippen molar-refractivity contribution >= 4 is 0 Å². The molecule has 2 aliphatic heterocycles. The molecule has 0 amide bonds. The molecule has 1 saturated heterocycles. The summed E-state index contributed by atoms with van der Waals surface area (Å²) in [6, 6.07) is 8.30. The topological polar surface area (TPSA) is 30.5 Å². The van der Waals surface area contributed by atoms with Crippen molar-refractivity contribution in [1.29, 1.82) is 0 Å². The zero-order chi connectivity index (χ0) is 11.5. The van der Waals surface area contributed by atoms with Crippen LogP contribution in [-0.2, 0) is 11.2 Å². The fraction of sp³-hybridized carbons (Fsp3) is 0.571. The number of nitrogens with one attached hydrogen (secondary N) is 1. The molecule has 3 nitrogen and oxygen atoms in total. The van der Waals surface area contributed by atoms with Gasteiger partial charge in [0.15, 0.2) is 0 Å². The summed E-state index contributed by atoms with van der Waals surface area (Å²) in [6.45, 7) is 2.79. The van der Waals surface area contributed by atoms with E-state index in [2.05, 4.69) is 23.5 Å². The summed E-state index contributed by atoms with van der Waals surface area (Å²) in [7, 11) is 0. The first-order valence-electron chi connectivity index (χ1n) is 6.49. The van der Waals surface area contributed by atoms with E-state index in [0.29, 0.717) is 6.10 Å². The molecular formula is C14H19NO2. The summed E-state index contributed by atoms with van der Waals surface area (Å²) >= 11 is 0. The Morgan fingerprint density at radius 1 is 1.18 bits per heavy atom. The molecule has 3 heteroatoms. The maximum Gasteiger partial charge on any atom is 0.123 e. The summed E-state index contributed by atoms with van der Waals surface area (Å²) in [4.78, 5) is 0. The van der Waals surface area contributed by atoms with Gasteiger partial charge in [0.2, 0.25) is 0 Å². The molecule has 1 aromatic rings. The van der Waals surface area contributed by atoms with Crippen LogP contribution in [0.1, 0.15) is 18.4 Å². The quantitative estimate of drug-likeness (QED) is 0.859. The molecule has 0 spiro atoms. The molecule has 0 radical (unpaired) electrons. The number of hydrogen-bond acceptors (Lipinski definition) is 3. The van der Waals surface area contributed by atoms with Crippen molar-refractivity contribution in [3.8, 4) is 5.75 Å². The fourth-order valence-electron chi connectivity index (χ4n) is 2.58. The fourth-order valence-corrected chi connectivity index (χ4v) is 2.58. The van der Waals surface area contributed by atoms with Gasteiger partial charge in [0.1, 0.15) is 11.9 Å². The first-order valence-corrected chi connectivity index (χ1v) is 6.49. The minimum Gasteiger partial charge on any atom is -0.488 e. The largest absolute Gasteiger partial charge is 0.488 e. The van der Waals surface area contributed by atoms with Crippen LogP contribution in [-0.4, -0.2) is 31.9 Å². The van der Waals surface area contributed by atoms with E-state index in [1.807, 2.05) is 6.07 Å². The number of rotatable bonds is 4. The van der Waals surface area contributed by atoms with Gasteiger partial charge in [-0.05, 0) is 24.5 Å². The van der Waals surface area contributed by atoms with Crippen LogP contribution in [0.4, 0.5) is 0 Å². The predicted molar refractivity (Wildman–Crippen MR) is 66.4 cm³/mol. The van der Waals surface area contributed by atoms with Crippen LogP contribution in [0.2, 0.25) is 0 Å². The molecule has 0 bridgehead atoms. The molecule has 1 N–H and O–H groups in total. The molecule has 0 aliphatic carbocycles. The van der Waals surface area contributed by atoms with Crippen molar-refractivity contribution in [3.63, 3.8) is 0 Å². The molecule has 0 aromatic heterocycles.